The lowest BCUT2D eigenvalue weighted by molar-refractivity contribution is 0.158. The van der Waals surface area contributed by atoms with Gasteiger partial charge in [-0.05, 0) is 25.0 Å². The summed E-state index contributed by atoms with van der Waals surface area (Å²) in [4.78, 5) is 0. The molecule has 2 heteroatoms. The van der Waals surface area contributed by atoms with Gasteiger partial charge in [-0.2, -0.15) is 0 Å². The molecule has 0 aliphatic carbocycles. The zero-order chi connectivity index (χ0) is 11.1. The monoisotopic (exact) mass is 206 g/mol. The summed E-state index contributed by atoms with van der Waals surface area (Å²) in [6.07, 6.45) is 0.984. The number of aryl methyl sites for hydroxylation is 1. The Balaban J connectivity index is 2.39. The second-order valence-electron chi connectivity index (χ2n) is 3.36. The minimum Gasteiger partial charge on any atom is -0.495 e. The molecule has 0 saturated carbocycles. The molecule has 0 saturated heterocycles. The highest BCUT2D eigenvalue weighted by atomic mass is 16.5. The van der Waals surface area contributed by atoms with Gasteiger partial charge < -0.3 is 9.47 Å². The van der Waals surface area contributed by atoms with Crippen LogP contribution in [0.3, 0.4) is 0 Å². The van der Waals surface area contributed by atoms with Crippen LogP contribution >= 0.6 is 0 Å². The first-order valence-electron chi connectivity index (χ1n) is 5.23. The lowest BCUT2D eigenvalue weighted by Gasteiger charge is -2.10. The van der Waals surface area contributed by atoms with Crippen LogP contribution in [-0.4, -0.2) is 13.2 Å². The van der Waals surface area contributed by atoms with Crippen molar-refractivity contribution < 1.29 is 9.47 Å². The number of allylic oxidation sites excluding steroid dienone is 1. The number of rotatable bonds is 6. The van der Waals surface area contributed by atoms with Crippen LogP contribution in [-0.2, 0) is 11.2 Å². The molecule has 0 atom stereocenters. The predicted molar refractivity (Wildman–Crippen MR) is 62.1 cm³/mol. The molecular weight excluding hydrogens is 188 g/mol. The molecule has 0 heterocycles. The van der Waals surface area contributed by atoms with Gasteiger partial charge in [-0.25, -0.2) is 0 Å². The fraction of sp³-hybridized carbons (Fsp3) is 0.385. The van der Waals surface area contributed by atoms with E-state index in [1.165, 1.54) is 5.56 Å². The van der Waals surface area contributed by atoms with Gasteiger partial charge in [-0.3, -0.25) is 0 Å². The maximum Gasteiger partial charge on any atom is 0.122 e. The molecular formula is C13H18O2. The zero-order valence-corrected chi connectivity index (χ0v) is 9.45. The van der Waals surface area contributed by atoms with Gasteiger partial charge in [0.05, 0.1) is 5.76 Å². The van der Waals surface area contributed by atoms with Crippen LogP contribution in [0.15, 0.2) is 36.6 Å². The Morgan fingerprint density at radius 1 is 1.27 bits per heavy atom. The minimum atomic E-state index is 0.549. The number of hydrogen-bond acceptors (Lipinski definition) is 2. The quantitative estimate of drug-likeness (QED) is 0.525. The molecule has 0 unspecified atom stereocenters. The van der Waals surface area contributed by atoms with Crippen LogP contribution in [0, 0.1) is 0 Å². The predicted octanol–water partition coefficient (Wildman–Crippen LogP) is 3.18. The van der Waals surface area contributed by atoms with E-state index in [4.69, 9.17) is 9.47 Å². The molecule has 0 aliphatic rings. The summed E-state index contributed by atoms with van der Waals surface area (Å²) >= 11 is 0. The Hall–Kier alpha value is -1.44. The lowest BCUT2D eigenvalue weighted by atomic mass is 10.1. The highest BCUT2D eigenvalue weighted by molar-refractivity contribution is 5.33. The average molecular weight is 206 g/mol. The Labute approximate surface area is 91.5 Å². The third kappa shape index (κ3) is 4.07. The van der Waals surface area contributed by atoms with E-state index < -0.39 is 0 Å². The van der Waals surface area contributed by atoms with Crippen molar-refractivity contribution in [3.05, 3.63) is 42.2 Å². The van der Waals surface area contributed by atoms with Gasteiger partial charge in [0, 0.05) is 0 Å². The molecule has 15 heavy (non-hydrogen) atoms. The second kappa shape index (κ2) is 6.12. The van der Waals surface area contributed by atoms with Crippen molar-refractivity contribution in [1.29, 1.82) is 0 Å². The molecule has 1 aromatic rings. The van der Waals surface area contributed by atoms with Crippen LogP contribution < -0.4 is 4.74 Å². The van der Waals surface area contributed by atoms with Crippen LogP contribution in [0.1, 0.15) is 19.4 Å². The molecule has 0 bridgehead atoms. The van der Waals surface area contributed by atoms with E-state index in [-0.39, 0.29) is 0 Å². The third-order valence-electron chi connectivity index (χ3n) is 2.04. The summed E-state index contributed by atoms with van der Waals surface area (Å²) in [6, 6.07) is 8.07. The molecule has 0 aromatic heterocycles. The molecule has 0 N–H and O–H groups in total. The first kappa shape index (κ1) is 11.6. The highest BCUT2D eigenvalue weighted by Gasteiger charge is 1.99. The van der Waals surface area contributed by atoms with Crippen LogP contribution in [0.2, 0.25) is 0 Å². The largest absolute Gasteiger partial charge is 0.495 e. The first-order chi connectivity index (χ1) is 7.24. The van der Waals surface area contributed by atoms with E-state index in [9.17, 15) is 0 Å². The van der Waals surface area contributed by atoms with Crippen LogP contribution in [0.4, 0.5) is 0 Å². The molecule has 0 spiro atoms. The molecule has 2 nitrogen and oxygen atoms in total. The summed E-state index contributed by atoms with van der Waals surface area (Å²) in [5.41, 5.74) is 1.23. The molecule has 0 aliphatic heterocycles. The highest BCUT2D eigenvalue weighted by Crippen LogP contribution is 2.17. The smallest absolute Gasteiger partial charge is 0.122 e. The maximum atomic E-state index is 5.61. The number of benzene rings is 1. The molecule has 0 radical (unpaired) electrons. The van der Waals surface area contributed by atoms with Crippen molar-refractivity contribution in [3.8, 4) is 5.75 Å². The van der Waals surface area contributed by atoms with E-state index in [0.29, 0.717) is 13.2 Å². The van der Waals surface area contributed by atoms with Gasteiger partial charge in [0.1, 0.15) is 19.0 Å². The fourth-order valence-electron chi connectivity index (χ4n) is 1.30. The Kier molecular flexibility index (Phi) is 4.75. The normalized spacial score (nSPS) is 9.73. The molecule has 0 amide bonds. The molecule has 82 valence electrons. The SMILES string of the molecule is C=C(C)OCCOc1ccccc1CC. The fourth-order valence-corrected chi connectivity index (χ4v) is 1.30. The first-order valence-corrected chi connectivity index (χ1v) is 5.23. The Bertz CT molecular complexity index is 318. The standard InChI is InChI=1S/C13H18O2/c1-4-12-7-5-6-8-13(12)15-10-9-14-11(2)3/h5-8H,2,4,9-10H2,1,3H3. The van der Waals surface area contributed by atoms with Gasteiger partial charge in [0.25, 0.3) is 0 Å². The van der Waals surface area contributed by atoms with E-state index in [1.54, 1.807) is 0 Å². The van der Waals surface area contributed by atoms with Crippen molar-refractivity contribution in [2.75, 3.05) is 13.2 Å². The van der Waals surface area contributed by atoms with Gasteiger partial charge in [0.15, 0.2) is 0 Å². The summed E-state index contributed by atoms with van der Waals surface area (Å²) in [5, 5.41) is 0. The topological polar surface area (TPSA) is 18.5 Å². The zero-order valence-electron chi connectivity index (χ0n) is 9.45. The molecule has 1 aromatic carbocycles. The Morgan fingerprint density at radius 2 is 2.00 bits per heavy atom. The minimum absolute atomic E-state index is 0.549. The Morgan fingerprint density at radius 3 is 2.67 bits per heavy atom. The van der Waals surface area contributed by atoms with Crippen molar-refractivity contribution in [3.63, 3.8) is 0 Å². The average Bonchev–Trinajstić information content (AvgIpc) is 2.24. The maximum absolute atomic E-state index is 5.61. The van der Waals surface area contributed by atoms with Gasteiger partial charge in [0.2, 0.25) is 0 Å². The lowest BCUT2D eigenvalue weighted by Crippen LogP contribution is -2.06. The van der Waals surface area contributed by atoms with Crippen molar-refractivity contribution in [1.82, 2.24) is 0 Å². The number of hydrogen-bond donors (Lipinski definition) is 0. The van der Waals surface area contributed by atoms with Gasteiger partial charge in [-0.15, -0.1) is 0 Å². The van der Waals surface area contributed by atoms with Gasteiger partial charge in [-0.1, -0.05) is 31.7 Å². The van der Waals surface area contributed by atoms with Crippen molar-refractivity contribution >= 4 is 0 Å². The summed E-state index contributed by atoms with van der Waals surface area (Å²) < 4.78 is 10.8. The van der Waals surface area contributed by atoms with Crippen molar-refractivity contribution in [2.45, 2.75) is 20.3 Å². The van der Waals surface area contributed by atoms with E-state index >= 15 is 0 Å². The van der Waals surface area contributed by atoms with E-state index in [0.717, 1.165) is 17.9 Å². The van der Waals surface area contributed by atoms with Crippen LogP contribution in [0.5, 0.6) is 5.75 Å². The van der Waals surface area contributed by atoms with Crippen LogP contribution in [0.25, 0.3) is 0 Å². The number of para-hydroxylation sites is 1. The third-order valence-corrected chi connectivity index (χ3v) is 2.04. The molecule has 0 fully saturated rings. The number of ether oxygens (including phenoxy) is 2. The molecule has 1 rings (SSSR count). The van der Waals surface area contributed by atoms with Gasteiger partial charge >= 0.3 is 0 Å². The summed E-state index contributed by atoms with van der Waals surface area (Å²) in [7, 11) is 0. The summed E-state index contributed by atoms with van der Waals surface area (Å²) in [5.74, 6) is 1.67. The van der Waals surface area contributed by atoms with E-state index in [1.807, 2.05) is 25.1 Å². The van der Waals surface area contributed by atoms with Crippen molar-refractivity contribution in [2.24, 2.45) is 0 Å². The van der Waals surface area contributed by atoms with E-state index in [2.05, 4.69) is 19.6 Å². The second-order valence-corrected chi connectivity index (χ2v) is 3.36. The summed E-state index contributed by atoms with van der Waals surface area (Å²) in [6.45, 7) is 8.71.